The summed E-state index contributed by atoms with van der Waals surface area (Å²) in [5.74, 6) is 0.306. The van der Waals surface area contributed by atoms with Gasteiger partial charge in [0.25, 0.3) is 0 Å². The van der Waals surface area contributed by atoms with E-state index in [2.05, 4.69) is 36.5 Å². The van der Waals surface area contributed by atoms with E-state index in [4.69, 9.17) is 5.73 Å². The van der Waals surface area contributed by atoms with E-state index in [1.54, 1.807) is 6.07 Å². The molecule has 1 aliphatic carbocycles. The van der Waals surface area contributed by atoms with Gasteiger partial charge in [-0.15, -0.1) is 0 Å². The van der Waals surface area contributed by atoms with E-state index < -0.39 is 0 Å². The van der Waals surface area contributed by atoms with Gasteiger partial charge in [0.1, 0.15) is 0 Å². The molecule has 22 heavy (non-hydrogen) atoms. The molecule has 0 aromatic heterocycles. The molecule has 0 atom stereocenters. The number of rotatable bonds is 5. The zero-order valence-corrected chi connectivity index (χ0v) is 12.9. The van der Waals surface area contributed by atoms with E-state index in [1.165, 1.54) is 24.0 Å². The second-order valence-corrected chi connectivity index (χ2v) is 6.17. The predicted octanol–water partition coefficient (Wildman–Crippen LogP) is 3.13. The molecule has 3 N–H and O–H groups in total. The number of amides is 1. The van der Waals surface area contributed by atoms with Crippen LogP contribution >= 0.6 is 0 Å². The number of carbonyl (C=O) groups is 1. The third-order valence-corrected chi connectivity index (χ3v) is 4.57. The van der Waals surface area contributed by atoms with Crippen molar-refractivity contribution in [3.05, 3.63) is 70.8 Å². The fourth-order valence-electron chi connectivity index (χ4n) is 3.18. The first-order valence-electron chi connectivity index (χ1n) is 7.81. The van der Waals surface area contributed by atoms with Crippen LogP contribution in [0.1, 0.15) is 45.8 Å². The highest BCUT2D eigenvalue weighted by Gasteiger charge is 2.30. The van der Waals surface area contributed by atoms with Crippen LogP contribution in [0, 0.1) is 6.92 Å². The normalized spacial score (nSPS) is 20.4. The molecule has 2 aromatic rings. The Labute approximate surface area is 131 Å². The molecule has 0 saturated heterocycles. The number of carbonyl (C=O) groups excluding carboxylic acids is 1. The van der Waals surface area contributed by atoms with E-state index >= 15 is 0 Å². The van der Waals surface area contributed by atoms with Crippen molar-refractivity contribution in [2.45, 2.75) is 38.3 Å². The zero-order valence-electron chi connectivity index (χ0n) is 12.9. The first kappa shape index (κ1) is 14.8. The lowest BCUT2D eigenvalue weighted by Gasteiger charge is -2.37. The highest BCUT2D eigenvalue weighted by Crippen LogP contribution is 2.38. The van der Waals surface area contributed by atoms with Gasteiger partial charge in [0.15, 0.2) is 0 Å². The van der Waals surface area contributed by atoms with Crippen LogP contribution in [0.2, 0.25) is 0 Å². The highest BCUT2D eigenvalue weighted by molar-refractivity contribution is 5.92. The Morgan fingerprint density at radius 3 is 2.68 bits per heavy atom. The van der Waals surface area contributed by atoms with Crippen LogP contribution in [-0.4, -0.2) is 11.9 Å². The largest absolute Gasteiger partial charge is 0.366 e. The van der Waals surface area contributed by atoms with Crippen LogP contribution in [0.5, 0.6) is 0 Å². The molecule has 1 aliphatic rings. The molecule has 114 valence electrons. The van der Waals surface area contributed by atoms with Crippen molar-refractivity contribution in [1.29, 1.82) is 0 Å². The molecular formula is C19H22N2O. The zero-order chi connectivity index (χ0) is 15.5. The number of aryl methyl sites for hydroxylation is 1. The Hall–Kier alpha value is -2.13. The van der Waals surface area contributed by atoms with Crippen molar-refractivity contribution in [2.75, 3.05) is 0 Å². The van der Waals surface area contributed by atoms with Crippen molar-refractivity contribution >= 4 is 5.91 Å². The molecule has 0 aliphatic heterocycles. The fourth-order valence-corrected chi connectivity index (χ4v) is 3.18. The van der Waals surface area contributed by atoms with Gasteiger partial charge in [-0.3, -0.25) is 4.79 Å². The van der Waals surface area contributed by atoms with Crippen molar-refractivity contribution in [2.24, 2.45) is 5.73 Å². The molecule has 0 spiro atoms. The summed E-state index contributed by atoms with van der Waals surface area (Å²) in [5, 5.41) is 3.57. The summed E-state index contributed by atoms with van der Waals surface area (Å²) in [5.41, 5.74) is 9.87. The first-order valence-corrected chi connectivity index (χ1v) is 7.81. The fraction of sp³-hybridized carbons (Fsp3) is 0.316. The van der Waals surface area contributed by atoms with Crippen LogP contribution in [0.15, 0.2) is 48.5 Å². The van der Waals surface area contributed by atoms with Crippen molar-refractivity contribution in [3.63, 3.8) is 0 Å². The third kappa shape index (κ3) is 3.20. The Morgan fingerprint density at radius 1 is 1.18 bits per heavy atom. The molecular weight excluding hydrogens is 272 g/mol. The van der Waals surface area contributed by atoms with E-state index in [1.807, 2.05) is 18.2 Å². The van der Waals surface area contributed by atoms with Gasteiger partial charge in [-0.25, -0.2) is 0 Å². The van der Waals surface area contributed by atoms with E-state index in [0.717, 1.165) is 12.1 Å². The van der Waals surface area contributed by atoms with E-state index in [9.17, 15) is 4.79 Å². The van der Waals surface area contributed by atoms with E-state index in [0.29, 0.717) is 17.5 Å². The highest BCUT2D eigenvalue weighted by atomic mass is 16.1. The van der Waals surface area contributed by atoms with Crippen LogP contribution in [0.25, 0.3) is 0 Å². The average molecular weight is 294 g/mol. The number of nitrogens with one attached hydrogen (secondary N) is 1. The van der Waals surface area contributed by atoms with Crippen LogP contribution in [0.4, 0.5) is 0 Å². The lowest BCUT2D eigenvalue weighted by Crippen LogP contribution is -2.39. The second kappa shape index (κ2) is 6.32. The Balaban J connectivity index is 1.52. The van der Waals surface area contributed by atoms with Crippen LogP contribution in [-0.2, 0) is 6.54 Å². The monoisotopic (exact) mass is 294 g/mol. The maximum atomic E-state index is 11.2. The first-order chi connectivity index (χ1) is 10.6. The standard InChI is InChI=1S/C19H22N2O/c1-13-5-2-3-8-18(13)16-10-17(11-16)21-12-14-6-4-7-15(9-14)19(20)22/h2-9,16-17,21H,10-12H2,1H3,(H2,20,22). The van der Waals surface area contributed by atoms with Gasteiger partial charge in [-0.1, -0.05) is 36.4 Å². The number of hydrogen-bond acceptors (Lipinski definition) is 2. The third-order valence-electron chi connectivity index (χ3n) is 4.57. The number of nitrogens with two attached hydrogens (primary N) is 1. The van der Waals surface area contributed by atoms with Crippen molar-refractivity contribution in [1.82, 2.24) is 5.32 Å². The smallest absolute Gasteiger partial charge is 0.248 e. The minimum atomic E-state index is -0.370. The predicted molar refractivity (Wildman–Crippen MR) is 88.7 cm³/mol. The maximum Gasteiger partial charge on any atom is 0.248 e. The molecule has 1 amide bonds. The van der Waals surface area contributed by atoms with Crippen LogP contribution in [0.3, 0.4) is 0 Å². The molecule has 0 heterocycles. The summed E-state index contributed by atoms with van der Waals surface area (Å²) >= 11 is 0. The number of primary amides is 1. The van der Waals surface area contributed by atoms with Gasteiger partial charge in [0.05, 0.1) is 0 Å². The van der Waals surface area contributed by atoms with Gasteiger partial charge < -0.3 is 11.1 Å². The Bertz CT molecular complexity index is 675. The molecule has 3 heteroatoms. The Kier molecular flexibility index (Phi) is 4.25. The van der Waals surface area contributed by atoms with Gasteiger partial charge in [0.2, 0.25) is 5.91 Å². The average Bonchev–Trinajstić information content (AvgIpc) is 2.47. The van der Waals surface area contributed by atoms with Gasteiger partial charge in [0, 0.05) is 18.2 Å². The molecule has 1 fully saturated rings. The minimum Gasteiger partial charge on any atom is -0.366 e. The van der Waals surface area contributed by atoms with Crippen molar-refractivity contribution in [3.8, 4) is 0 Å². The molecule has 3 nitrogen and oxygen atoms in total. The number of hydrogen-bond donors (Lipinski definition) is 2. The molecule has 1 saturated carbocycles. The maximum absolute atomic E-state index is 11.2. The summed E-state index contributed by atoms with van der Waals surface area (Å²) in [7, 11) is 0. The SMILES string of the molecule is Cc1ccccc1C1CC(NCc2cccc(C(N)=O)c2)C1. The molecule has 2 aromatic carbocycles. The van der Waals surface area contributed by atoms with E-state index in [-0.39, 0.29) is 5.91 Å². The lowest BCUT2D eigenvalue weighted by atomic mass is 9.74. The molecule has 0 radical (unpaired) electrons. The summed E-state index contributed by atoms with van der Waals surface area (Å²) in [6.07, 6.45) is 2.36. The summed E-state index contributed by atoms with van der Waals surface area (Å²) in [6, 6.07) is 16.7. The Morgan fingerprint density at radius 2 is 1.95 bits per heavy atom. The lowest BCUT2D eigenvalue weighted by molar-refractivity contribution is 0.1000. The molecule has 0 unspecified atom stereocenters. The summed E-state index contributed by atoms with van der Waals surface area (Å²) in [6.45, 7) is 2.97. The minimum absolute atomic E-state index is 0.370. The quantitative estimate of drug-likeness (QED) is 0.890. The van der Waals surface area contributed by atoms with Gasteiger partial charge in [-0.2, -0.15) is 0 Å². The summed E-state index contributed by atoms with van der Waals surface area (Å²) < 4.78 is 0. The summed E-state index contributed by atoms with van der Waals surface area (Å²) in [4.78, 5) is 11.2. The molecule has 0 bridgehead atoms. The van der Waals surface area contributed by atoms with Gasteiger partial charge >= 0.3 is 0 Å². The van der Waals surface area contributed by atoms with Gasteiger partial charge in [-0.05, 0) is 54.5 Å². The topological polar surface area (TPSA) is 55.1 Å². The number of benzene rings is 2. The second-order valence-electron chi connectivity index (χ2n) is 6.17. The molecule has 3 rings (SSSR count). The van der Waals surface area contributed by atoms with Crippen molar-refractivity contribution < 1.29 is 4.79 Å². The van der Waals surface area contributed by atoms with Crippen LogP contribution < -0.4 is 11.1 Å².